The van der Waals surface area contributed by atoms with Crippen molar-refractivity contribution in [2.75, 3.05) is 0 Å². The summed E-state index contributed by atoms with van der Waals surface area (Å²) in [5.74, 6) is 0. The van der Waals surface area contributed by atoms with Crippen molar-refractivity contribution >= 4 is 29.0 Å². The lowest BCUT2D eigenvalue weighted by molar-refractivity contribution is 0.602. The van der Waals surface area contributed by atoms with Crippen molar-refractivity contribution in [2.45, 2.75) is 6.92 Å². The predicted molar refractivity (Wildman–Crippen MR) is 30.6 cm³/mol. The monoisotopic (exact) mass is 158 g/mol. The van der Waals surface area contributed by atoms with E-state index >= 15 is 0 Å². The molecule has 0 atom stereocenters. The van der Waals surface area contributed by atoms with Crippen LogP contribution in [0.3, 0.4) is 0 Å². The second-order valence-corrected chi connectivity index (χ2v) is 3.19. The normalized spacial score (nSPS) is 4.86. The van der Waals surface area contributed by atoms with E-state index in [9.17, 15) is 0 Å². The third-order valence-corrected chi connectivity index (χ3v) is 0. The van der Waals surface area contributed by atoms with Crippen LogP contribution in [0.1, 0.15) is 6.92 Å². The van der Waals surface area contributed by atoms with Gasteiger partial charge in [-0.1, -0.05) is 0 Å². The van der Waals surface area contributed by atoms with Crippen molar-refractivity contribution in [1.82, 2.24) is 0 Å². The molecule has 0 spiro atoms. The van der Waals surface area contributed by atoms with Crippen LogP contribution in [0.25, 0.3) is 0 Å². The van der Waals surface area contributed by atoms with Crippen molar-refractivity contribution in [3.8, 4) is 6.07 Å². The molecule has 0 bridgehead atoms. The lowest BCUT2D eigenvalue weighted by Gasteiger charge is -1.22. The molecule has 0 N–H and O–H groups in total. The molecule has 7 heavy (non-hydrogen) atoms. The van der Waals surface area contributed by atoms with Crippen molar-refractivity contribution in [3.63, 3.8) is 0 Å². The fraction of sp³-hybridized carbons (Fsp3) is 0.500. The third kappa shape index (κ3) is 3710. The van der Waals surface area contributed by atoms with Gasteiger partial charge in [0.05, 0.1) is 6.07 Å². The molecule has 0 aromatic carbocycles. The average Bonchev–Trinajstić information content (AvgIpc) is 1.33. The molecule has 0 heterocycles. The SMILES string of the molecule is CC#N.O=[P+](Cl)Cl. The van der Waals surface area contributed by atoms with Gasteiger partial charge in [0.1, 0.15) is 0 Å². The molecule has 5 heteroatoms. The minimum absolute atomic E-state index is 1.43. The second-order valence-electron chi connectivity index (χ2n) is 0.426. The van der Waals surface area contributed by atoms with Crippen molar-refractivity contribution < 1.29 is 4.57 Å². The minimum Gasteiger partial charge on any atom is -0.199 e. The Bertz CT molecular complexity index is 84.2. The Kier molecular flexibility index (Phi) is 13.8. The van der Waals surface area contributed by atoms with E-state index in [1.54, 1.807) is 6.07 Å². The first-order chi connectivity index (χ1) is 3.15. The van der Waals surface area contributed by atoms with E-state index in [1.165, 1.54) is 6.92 Å². The van der Waals surface area contributed by atoms with Gasteiger partial charge in [-0.15, -0.1) is 0 Å². The lowest BCUT2D eigenvalue weighted by Crippen LogP contribution is -1.10. The summed E-state index contributed by atoms with van der Waals surface area (Å²) in [7, 11) is 0. The molecule has 0 aliphatic rings. The van der Waals surface area contributed by atoms with E-state index in [4.69, 9.17) is 9.83 Å². The fourth-order valence-electron chi connectivity index (χ4n) is 0. The van der Waals surface area contributed by atoms with Crippen LogP contribution in [-0.4, -0.2) is 0 Å². The molecule has 0 saturated heterocycles. The van der Waals surface area contributed by atoms with Crippen LogP contribution in [0.15, 0.2) is 0 Å². The van der Waals surface area contributed by atoms with Crippen LogP contribution < -0.4 is 0 Å². The maximum atomic E-state index is 9.12. The van der Waals surface area contributed by atoms with E-state index in [0.717, 1.165) is 0 Å². The summed E-state index contributed by atoms with van der Waals surface area (Å²) in [4.78, 5) is 0. The zero-order valence-corrected chi connectivity index (χ0v) is 5.96. The van der Waals surface area contributed by atoms with Crippen LogP contribution in [0, 0.1) is 11.3 Å². The second kappa shape index (κ2) is 9.48. The smallest absolute Gasteiger partial charge is 0.199 e. The van der Waals surface area contributed by atoms with Gasteiger partial charge in [-0.3, -0.25) is 0 Å². The summed E-state index contributed by atoms with van der Waals surface area (Å²) in [6.45, 7) is -0.495. The highest BCUT2D eigenvalue weighted by Crippen LogP contribution is 2.31. The Balaban J connectivity index is 0. The van der Waals surface area contributed by atoms with E-state index in [0.29, 0.717) is 0 Å². The van der Waals surface area contributed by atoms with Gasteiger partial charge in [0.2, 0.25) is 22.5 Å². The van der Waals surface area contributed by atoms with Gasteiger partial charge >= 0.3 is 6.51 Å². The Morgan fingerprint density at radius 1 is 1.71 bits per heavy atom. The first-order valence-electron chi connectivity index (χ1n) is 1.24. The van der Waals surface area contributed by atoms with Crippen LogP contribution in [0.4, 0.5) is 0 Å². The molecular weight excluding hydrogens is 156 g/mol. The van der Waals surface area contributed by atoms with Gasteiger partial charge in [0.25, 0.3) is 0 Å². The molecule has 0 aromatic rings. The van der Waals surface area contributed by atoms with E-state index in [2.05, 4.69) is 22.5 Å². The zero-order chi connectivity index (χ0) is 6.28. The maximum Gasteiger partial charge on any atom is 0.575 e. The van der Waals surface area contributed by atoms with Gasteiger partial charge in [-0.05, 0) is 4.57 Å². The molecule has 0 amide bonds. The van der Waals surface area contributed by atoms with Gasteiger partial charge in [0, 0.05) is 6.92 Å². The quantitative estimate of drug-likeness (QED) is 0.509. The van der Waals surface area contributed by atoms with Crippen LogP contribution in [0.5, 0.6) is 0 Å². The van der Waals surface area contributed by atoms with Gasteiger partial charge in [-0.2, -0.15) is 5.26 Å². The molecule has 0 rings (SSSR count). The molecule has 0 saturated carbocycles. The number of hydrogen-bond donors (Lipinski definition) is 0. The maximum absolute atomic E-state index is 9.12. The summed E-state index contributed by atoms with van der Waals surface area (Å²) in [6, 6.07) is 1.75. The Morgan fingerprint density at radius 3 is 1.71 bits per heavy atom. The van der Waals surface area contributed by atoms with Crippen LogP contribution >= 0.6 is 29.0 Å². The first kappa shape index (κ1) is 10.2. The molecule has 2 nitrogen and oxygen atoms in total. The number of nitrogens with zero attached hydrogens (tertiary/aromatic N) is 1. The standard InChI is InChI=1S/C2H3N.Cl2OP/c1-2-3;1-4(2)3/h1H3;/q;+1. The highest BCUT2D eigenvalue weighted by atomic mass is 35.9. The number of hydrogen-bond acceptors (Lipinski definition) is 2. The molecule has 0 fully saturated rings. The Hall–Kier alpha value is 0.170. The lowest BCUT2D eigenvalue weighted by atomic mass is 11.0. The molecule has 0 aliphatic heterocycles. The highest BCUT2D eigenvalue weighted by molar-refractivity contribution is 7.95. The zero-order valence-electron chi connectivity index (χ0n) is 3.56. The van der Waals surface area contributed by atoms with Gasteiger partial charge in [0.15, 0.2) is 0 Å². The summed E-state index contributed by atoms with van der Waals surface area (Å²) in [5, 5.41) is 7.32. The first-order valence-corrected chi connectivity index (χ1v) is 4.31. The van der Waals surface area contributed by atoms with Crippen LogP contribution in [-0.2, 0) is 4.57 Å². The van der Waals surface area contributed by atoms with Gasteiger partial charge in [-0.25, -0.2) is 0 Å². The largest absolute Gasteiger partial charge is 0.575 e. The third-order valence-electron chi connectivity index (χ3n) is 0. The predicted octanol–water partition coefficient (Wildman–Crippen LogP) is 2.65. The average molecular weight is 159 g/mol. The number of rotatable bonds is 0. The summed E-state index contributed by atoms with van der Waals surface area (Å²) in [5.41, 5.74) is 0. The Labute approximate surface area is 52.4 Å². The number of nitriles is 1. The minimum atomic E-state index is -1.93. The molecular formula is C2H3Cl2NOP+. The van der Waals surface area contributed by atoms with E-state index < -0.39 is 6.51 Å². The molecule has 0 radical (unpaired) electrons. The molecule has 40 valence electrons. The topological polar surface area (TPSA) is 40.9 Å². The summed E-state index contributed by atoms with van der Waals surface area (Å²) >= 11 is 9.10. The van der Waals surface area contributed by atoms with Crippen LogP contribution in [0.2, 0.25) is 0 Å². The highest BCUT2D eigenvalue weighted by Gasteiger charge is 1.97. The van der Waals surface area contributed by atoms with E-state index in [-0.39, 0.29) is 0 Å². The van der Waals surface area contributed by atoms with Gasteiger partial charge < -0.3 is 0 Å². The summed E-state index contributed by atoms with van der Waals surface area (Å²) < 4.78 is 9.12. The molecule has 0 aromatic heterocycles. The summed E-state index contributed by atoms with van der Waals surface area (Å²) in [6.07, 6.45) is 0. The number of halogens is 2. The molecule has 0 unspecified atom stereocenters. The van der Waals surface area contributed by atoms with Crippen molar-refractivity contribution in [1.29, 1.82) is 5.26 Å². The molecule has 0 aliphatic carbocycles. The Morgan fingerprint density at radius 2 is 1.71 bits per heavy atom. The van der Waals surface area contributed by atoms with Crippen molar-refractivity contribution in [3.05, 3.63) is 0 Å². The van der Waals surface area contributed by atoms with Crippen molar-refractivity contribution in [2.24, 2.45) is 0 Å². The fourth-order valence-corrected chi connectivity index (χ4v) is 0. The van der Waals surface area contributed by atoms with E-state index in [1.807, 2.05) is 0 Å².